The molecule has 0 N–H and O–H groups in total. The lowest BCUT2D eigenvalue weighted by Gasteiger charge is -1.99. The van der Waals surface area contributed by atoms with Crippen LogP contribution in [0, 0.1) is 0 Å². The number of halogens is 2. The van der Waals surface area contributed by atoms with Crippen molar-refractivity contribution in [2.24, 2.45) is 0 Å². The van der Waals surface area contributed by atoms with E-state index in [1.165, 1.54) is 24.3 Å². The largest absolute Gasteiger partial charge is 0.238 e. The number of sulfone groups is 1. The van der Waals surface area contributed by atoms with Gasteiger partial charge in [-0.05, 0) is 35.9 Å². The summed E-state index contributed by atoms with van der Waals surface area (Å²) in [6, 6.07) is 5.81. The molecule has 0 radical (unpaired) electrons. The lowest BCUT2D eigenvalue weighted by Crippen LogP contribution is -2.01. The average Bonchev–Trinajstić information content (AvgIpc) is 2.66. The van der Waals surface area contributed by atoms with Crippen LogP contribution in [0.3, 0.4) is 0 Å². The van der Waals surface area contributed by atoms with Gasteiger partial charge < -0.3 is 0 Å². The van der Waals surface area contributed by atoms with Crippen LogP contribution in [-0.2, 0) is 9.84 Å². The van der Waals surface area contributed by atoms with Crippen molar-refractivity contribution in [1.29, 1.82) is 0 Å². The van der Waals surface area contributed by atoms with Gasteiger partial charge in [0.2, 0.25) is 18.6 Å². The van der Waals surface area contributed by atoms with Crippen LogP contribution in [0.4, 0.5) is 0 Å². The van der Waals surface area contributed by atoms with Crippen LogP contribution in [0.15, 0.2) is 33.5 Å². The molecular formula is C8H4Cl2N2O2S2. The van der Waals surface area contributed by atoms with Crippen LogP contribution in [0.1, 0.15) is 0 Å². The molecule has 8 heteroatoms. The Bertz CT molecular complexity index is 607. The fourth-order valence-electron chi connectivity index (χ4n) is 1.02. The Balaban J connectivity index is 2.51. The monoisotopic (exact) mass is 294 g/mol. The van der Waals surface area contributed by atoms with Crippen molar-refractivity contribution < 1.29 is 8.42 Å². The fourth-order valence-corrected chi connectivity index (χ4v) is 3.65. The van der Waals surface area contributed by atoms with Gasteiger partial charge in [0.1, 0.15) is 0 Å². The molecule has 2 rings (SSSR count). The van der Waals surface area contributed by atoms with E-state index in [0.717, 1.165) is 11.3 Å². The second kappa shape index (κ2) is 4.29. The van der Waals surface area contributed by atoms with Crippen LogP contribution in [0.25, 0.3) is 0 Å². The van der Waals surface area contributed by atoms with Crippen LogP contribution < -0.4 is 0 Å². The topological polar surface area (TPSA) is 59.9 Å². The predicted molar refractivity (Wildman–Crippen MR) is 61.8 cm³/mol. The van der Waals surface area contributed by atoms with Crippen molar-refractivity contribution in [2.45, 2.75) is 9.24 Å². The molecule has 0 fully saturated rings. The van der Waals surface area contributed by atoms with E-state index < -0.39 is 9.84 Å². The highest BCUT2D eigenvalue weighted by atomic mass is 35.5. The fraction of sp³-hybridized carbons (Fsp3) is 0. The minimum absolute atomic E-state index is 0.0903. The minimum Gasteiger partial charge on any atom is -0.216 e. The van der Waals surface area contributed by atoms with Gasteiger partial charge in [-0.25, -0.2) is 8.42 Å². The molecule has 0 spiro atoms. The highest BCUT2D eigenvalue weighted by Crippen LogP contribution is 2.26. The van der Waals surface area contributed by atoms with Crippen molar-refractivity contribution >= 4 is 44.4 Å². The van der Waals surface area contributed by atoms with Gasteiger partial charge in [0, 0.05) is 5.02 Å². The third kappa shape index (κ3) is 2.20. The zero-order valence-corrected chi connectivity index (χ0v) is 10.7. The predicted octanol–water partition coefficient (Wildman–Crippen LogP) is 2.68. The van der Waals surface area contributed by atoms with Crippen molar-refractivity contribution in [2.75, 3.05) is 0 Å². The van der Waals surface area contributed by atoms with Gasteiger partial charge in [-0.3, -0.25) is 0 Å². The molecule has 4 nitrogen and oxygen atoms in total. The van der Waals surface area contributed by atoms with E-state index in [1.807, 2.05) is 0 Å². The average molecular weight is 295 g/mol. The molecule has 0 unspecified atom stereocenters. The Kier molecular flexibility index (Phi) is 3.16. The second-order valence-corrected chi connectivity index (χ2v) is 6.90. The Hall–Kier alpha value is -0.690. The number of benzene rings is 1. The van der Waals surface area contributed by atoms with Crippen molar-refractivity contribution in [3.05, 3.63) is 33.8 Å². The lowest BCUT2D eigenvalue weighted by atomic mass is 10.4. The van der Waals surface area contributed by atoms with Gasteiger partial charge in [-0.15, -0.1) is 10.2 Å². The molecule has 0 aliphatic heterocycles. The maximum absolute atomic E-state index is 12.0. The van der Waals surface area contributed by atoms with Crippen LogP contribution in [-0.4, -0.2) is 18.6 Å². The summed E-state index contributed by atoms with van der Waals surface area (Å²) in [6.45, 7) is 0. The highest BCUT2D eigenvalue weighted by Gasteiger charge is 2.22. The highest BCUT2D eigenvalue weighted by molar-refractivity contribution is 7.93. The number of rotatable bonds is 2. The molecular weight excluding hydrogens is 291 g/mol. The van der Waals surface area contributed by atoms with Crippen LogP contribution >= 0.6 is 34.5 Å². The van der Waals surface area contributed by atoms with Crippen molar-refractivity contribution in [3.8, 4) is 0 Å². The van der Waals surface area contributed by atoms with Gasteiger partial charge in [0.15, 0.2) is 0 Å². The van der Waals surface area contributed by atoms with E-state index in [9.17, 15) is 8.42 Å². The maximum atomic E-state index is 12.0. The molecule has 0 aliphatic rings. The first-order valence-electron chi connectivity index (χ1n) is 4.00. The summed E-state index contributed by atoms with van der Waals surface area (Å²) >= 11 is 12.0. The van der Waals surface area contributed by atoms with Gasteiger partial charge in [-0.1, -0.05) is 22.9 Å². The summed E-state index contributed by atoms with van der Waals surface area (Å²) in [4.78, 5) is 0.115. The minimum atomic E-state index is -3.63. The van der Waals surface area contributed by atoms with Crippen LogP contribution in [0.5, 0.6) is 0 Å². The Morgan fingerprint density at radius 3 is 2.19 bits per heavy atom. The Morgan fingerprint density at radius 1 is 1.06 bits per heavy atom. The van der Waals surface area contributed by atoms with E-state index in [2.05, 4.69) is 10.2 Å². The normalized spacial score (nSPS) is 11.6. The first-order valence-corrected chi connectivity index (χ1v) is 7.05. The van der Waals surface area contributed by atoms with Gasteiger partial charge in [-0.2, -0.15) is 0 Å². The van der Waals surface area contributed by atoms with E-state index in [4.69, 9.17) is 23.2 Å². The Morgan fingerprint density at radius 2 is 1.69 bits per heavy atom. The smallest absolute Gasteiger partial charge is 0.216 e. The third-order valence-corrected chi connectivity index (χ3v) is 5.14. The Labute approximate surface area is 106 Å². The number of nitrogens with zero attached hydrogens (tertiary/aromatic N) is 2. The van der Waals surface area contributed by atoms with E-state index >= 15 is 0 Å². The molecule has 0 aliphatic carbocycles. The van der Waals surface area contributed by atoms with E-state index in [0.29, 0.717) is 5.02 Å². The van der Waals surface area contributed by atoms with Crippen molar-refractivity contribution in [3.63, 3.8) is 0 Å². The molecule has 1 heterocycles. The molecule has 0 atom stereocenters. The molecule has 0 bridgehead atoms. The number of hydrogen-bond donors (Lipinski definition) is 0. The lowest BCUT2D eigenvalue weighted by molar-refractivity contribution is 0.594. The van der Waals surface area contributed by atoms with E-state index in [-0.39, 0.29) is 13.7 Å². The third-order valence-electron chi connectivity index (χ3n) is 1.74. The van der Waals surface area contributed by atoms with Gasteiger partial charge in [0.25, 0.3) is 0 Å². The summed E-state index contributed by atoms with van der Waals surface area (Å²) in [5.41, 5.74) is 0. The van der Waals surface area contributed by atoms with Gasteiger partial charge >= 0.3 is 0 Å². The molecule has 0 saturated carbocycles. The van der Waals surface area contributed by atoms with E-state index in [1.54, 1.807) is 0 Å². The molecule has 84 valence electrons. The zero-order valence-electron chi connectivity index (χ0n) is 7.59. The molecule has 1 aromatic heterocycles. The molecule has 1 aromatic carbocycles. The molecule has 16 heavy (non-hydrogen) atoms. The molecule has 0 saturated heterocycles. The molecule has 0 amide bonds. The zero-order chi connectivity index (χ0) is 11.8. The SMILES string of the molecule is O=S(=O)(c1ccc(Cl)cc1)c1nnc(Cl)s1. The summed E-state index contributed by atoms with van der Waals surface area (Å²) in [7, 11) is -3.63. The summed E-state index contributed by atoms with van der Waals surface area (Å²) < 4.78 is 23.9. The quantitative estimate of drug-likeness (QED) is 0.854. The summed E-state index contributed by atoms with van der Waals surface area (Å²) in [5, 5.41) is 7.42. The maximum Gasteiger partial charge on any atom is 0.238 e. The standard InChI is InChI=1S/C8H4Cl2N2O2S2/c9-5-1-3-6(4-2-5)16(13,14)8-12-11-7(10)15-8/h1-4H. The van der Waals surface area contributed by atoms with Gasteiger partial charge in [0.05, 0.1) is 4.90 Å². The first-order chi connectivity index (χ1) is 7.50. The molecule has 2 aromatic rings. The number of aromatic nitrogens is 2. The number of hydrogen-bond acceptors (Lipinski definition) is 5. The van der Waals surface area contributed by atoms with Crippen LogP contribution in [0.2, 0.25) is 9.49 Å². The first kappa shape index (κ1) is 11.8. The summed E-state index contributed by atoms with van der Waals surface area (Å²) in [5.74, 6) is 0. The van der Waals surface area contributed by atoms with Crippen molar-refractivity contribution in [1.82, 2.24) is 10.2 Å². The summed E-state index contributed by atoms with van der Waals surface area (Å²) in [6.07, 6.45) is 0. The second-order valence-electron chi connectivity index (χ2n) is 2.78.